The second-order valence-corrected chi connectivity index (χ2v) is 8.74. The molecule has 0 bridgehead atoms. The van der Waals surface area contributed by atoms with Crippen LogP contribution < -0.4 is 15.4 Å². The Labute approximate surface area is 210 Å². The molecule has 3 N–H and O–H groups in total. The van der Waals surface area contributed by atoms with Crippen molar-refractivity contribution in [1.82, 2.24) is 15.5 Å². The molecular weight excluding hydrogens is 462 g/mol. The number of hydrogen-bond donors (Lipinski definition) is 3. The lowest BCUT2D eigenvalue weighted by molar-refractivity contribution is -0.140. The van der Waals surface area contributed by atoms with Gasteiger partial charge in [0.25, 0.3) is 5.91 Å². The number of rotatable bonds is 6. The van der Waals surface area contributed by atoms with Gasteiger partial charge in [0.2, 0.25) is 11.8 Å². The van der Waals surface area contributed by atoms with Gasteiger partial charge in [-0.15, -0.1) is 0 Å². The van der Waals surface area contributed by atoms with Crippen molar-refractivity contribution in [3.8, 4) is 5.75 Å². The Balaban J connectivity index is 1.91. The average molecular weight is 496 g/mol. The van der Waals surface area contributed by atoms with Gasteiger partial charge in [0.05, 0.1) is 12.1 Å². The predicted octanol–water partition coefficient (Wildman–Crippen LogP) is 2.40. The number of carboxylic acids is 1. The van der Waals surface area contributed by atoms with E-state index < -0.39 is 29.9 Å². The van der Waals surface area contributed by atoms with Crippen LogP contribution in [0, 0.1) is 0 Å². The Kier molecular flexibility index (Phi) is 9.85. The number of nitrogens with zero attached hydrogens (tertiary/aromatic N) is 1. The molecule has 9 heteroatoms. The van der Waals surface area contributed by atoms with Crippen LogP contribution >= 0.6 is 0 Å². The zero-order valence-corrected chi connectivity index (χ0v) is 20.4. The third-order valence-corrected chi connectivity index (χ3v) is 6.02. The molecule has 1 aliphatic rings. The van der Waals surface area contributed by atoms with Crippen LogP contribution in [-0.4, -0.2) is 65.5 Å². The van der Waals surface area contributed by atoms with E-state index in [0.29, 0.717) is 18.7 Å². The first kappa shape index (κ1) is 26.7. The molecule has 0 saturated carbocycles. The van der Waals surface area contributed by atoms with E-state index >= 15 is 0 Å². The number of para-hydroxylation sites is 1. The number of carbonyl (C=O) groups excluding carboxylic acids is 3. The largest absolute Gasteiger partial charge is 0.491 e. The zero-order chi connectivity index (χ0) is 25.9. The lowest BCUT2D eigenvalue weighted by Gasteiger charge is -2.28. The number of nitrogens with one attached hydrogen (secondary N) is 2. The van der Waals surface area contributed by atoms with E-state index in [4.69, 9.17) is 4.74 Å². The van der Waals surface area contributed by atoms with Crippen LogP contribution in [0.15, 0.2) is 54.6 Å². The summed E-state index contributed by atoms with van der Waals surface area (Å²) in [5.74, 6) is -2.23. The third kappa shape index (κ3) is 7.56. The fourth-order valence-electron chi connectivity index (χ4n) is 4.03. The van der Waals surface area contributed by atoms with Crippen molar-refractivity contribution >= 4 is 23.7 Å². The van der Waals surface area contributed by atoms with Crippen molar-refractivity contribution in [3.63, 3.8) is 0 Å². The van der Waals surface area contributed by atoms with Crippen molar-refractivity contribution < 1.29 is 29.0 Å². The highest BCUT2D eigenvalue weighted by Crippen LogP contribution is 2.19. The van der Waals surface area contributed by atoms with Crippen LogP contribution in [0.25, 0.3) is 0 Å². The molecule has 2 aromatic rings. The Morgan fingerprint density at radius 1 is 1.06 bits per heavy atom. The third-order valence-electron chi connectivity index (χ3n) is 6.02. The van der Waals surface area contributed by atoms with Gasteiger partial charge in [-0.3, -0.25) is 14.4 Å². The van der Waals surface area contributed by atoms with Gasteiger partial charge < -0.3 is 25.4 Å². The molecular formula is C27H33N3O6. The number of aliphatic carboxylic acids is 1. The van der Waals surface area contributed by atoms with E-state index in [0.717, 1.165) is 18.4 Å². The van der Waals surface area contributed by atoms with Crippen molar-refractivity contribution in [2.45, 2.75) is 51.1 Å². The average Bonchev–Trinajstić information content (AvgIpc) is 2.88. The molecule has 0 aliphatic carbocycles. The van der Waals surface area contributed by atoms with Crippen LogP contribution in [0.3, 0.4) is 0 Å². The van der Waals surface area contributed by atoms with Gasteiger partial charge in [0.15, 0.2) is 0 Å². The fraction of sp³-hybridized carbons (Fsp3) is 0.407. The molecule has 9 nitrogen and oxygen atoms in total. The monoisotopic (exact) mass is 495 g/mol. The highest BCUT2D eigenvalue weighted by Gasteiger charge is 2.28. The first-order valence-electron chi connectivity index (χ1n) is 12.3. The normalized spacial score (nSPS) is 19.7. The number of fused-ring (bicyclic) bond motifs is 1. The SMILES string of the molecule is CCCCN1CCOc2ccccc2C(=O)N[C@H](C(=O)O)CCC(=O)N[C@@H](Cc2ccccc2)C1=O. The summed E-state index contributed by atoms with van der Waals surface area (Å²) in [7, 11) is 0. The van der Waals surface area contributed by atoms with Gasteiger partial charge in [0.1, 0.15) is 24.4 Å². The van der Waals surface area contributed by atoms with Crippen LogP contribution in [-0.2, 0) is 20.8 Å². The molecule has 3 amide bonds. The summed E-state index contributed by atoms with van der Waals surface area (Å²) in [5, 5.41) is 14.9. The molecule has 0 saturated heterocycles. The lowest BCUT2D eigenvalue weighted by Crippen LogP contribution is -2.51. The Morgan fingerprint density at radius 3 is 2.50 bits per heavy atom. The van der Waals surface area contributed by atoms with Crippen molar-refractivity contribution in [2.24, 2.45) is 0 Å². The molecule has 0 fully saturated rings. The zero-order valence-electron chi connectivity index (χ0n) is 20.4. The van der Waals surface area contributed by atoms with Crippen LogP contribution in [0.4, 0.5) is 0 Å². The smallest absolute Gasteiger partial charge is 0.326 e. The van der Waals surface area contributed by atoms with Crippen molar-refractivity contribution in [3.05, 3.63) is 65.7 Å². The Bertz CT molecular complexity index is 1060. The van der Waals surface area contributed by atoms with Crippen LogP contribution in [0.1, 0.15) is 48.5 Å². The molecule has 192 valence electrons. The standard InChI is InChI=1S/C27H33N3O6/c1-2-3-15-30-16-17-36-23-12-8-7-11-20(23)25(32)29-21(27(34)35)13-14-24(31)28-22(26(30)33)18-19-9-5-4-6-10-19/h4-12,21-22H,2-3,13-18H2,1H3,(H,28,31)(H,29,32)(H,34,35)/t21-,22-/m0/s1. The van der Waals surface area contributed by atoms with Gasteiger partial charge >= 0.3 is 5.97 Å². The topological polar surface area (TPSA) is 125 Å². The quantitative estimate of drug-likeness (QED) is 0.565. The number of hydrogen-bond acceptors (Lipinski definition) is 5. The lowest BCUT2D eigenvalue weighted by atomic mass is 10.0. The number of carbonyl (C=O) groups is 4. The maximum absolute atomic E-state index is 13.6. The van der Waals surface area contributed by atoms with E-state index in [9.17, 15) is 24.3 Å². The summed E-state index contributed by atoms with van der Waals surface area (Å²) in [6.45, 7) is 2.94. The summed E-state index contributed by atoms with van der Waals surface area (Å²) < 4.78 is 5.87. The number of unbranched alkanes of at least 4 members (excludes halogenated alkanes) is 1. The molecule has 0 radical (unpaired) electrons. The molecule has 1 aliphatic heterocycles. The van der Waals surface area contributed by atoms with Gasteiger partial charge in [0, 0.05) is 19.4 Å². The molecule has 2 atom stereocenters. The summed E-state index contributed by atoms with van der Waals surface area (Å²) in [5.41, 5.74) is 1.09. The number of benzene rings is 2. The molecule has 2 aromatic carbocycles. The second kappa shape index (κ2) is 13.3. The van der Waals surface area contributed by atoms with Crippen molar-refractivity contribution in [1.29, 1.82) is 0 Å². The molecule has 36 heavy (non-hydrogen) atoms. The number of carboxylic acid groups (broad SMARTS) is 1. The summed E-state index contributed by atoms with van der Waals surface area (Å²) in [4.78, 5) is 52.7. The molecule has 0 spiro atoms. The molecule has 1 heterocycles. The maximum Gasteiger partial charge on any atom is 0.326 e. The van der Waals surface area contributed by atoms with Crippen LogP contribution in [0.2, 0.25) is 0 Å². The predicted molar refractivity (Wildman–Crippen MR) is 134 cm³/mol. The Hall–Kier alpha value is -3.88. The maximum atomic E-state index is 13.6. The van der Waals surface area contributed by atoms with Gasteiger partial charge in [-0.1, -0.05) is 55.8 Å². The highest BCUT2D eigenvalue weighted by molar-refractivity contribution is 5.99. The fourth-order valence-corrected chi connectivity index (χ4v) is 4.03. The summed E-state index contributed by atoms with van der Waals surface area (Å²) >= 11 is 0. The van der Waals surface area contributed by atoms with E-state index in [1.54, 1.807) is 29.2 Å². The van der Waals surface area contributed by atoms with Crippen LogP contribution in [0.5, 0.6) is 5.75 Å². The molecule has 3 rings (SSSR count). The minimum Gasteiger partial charge on any atom is -0.491 e. The molecule has 0 unspecified atom stereocenters. The molecule has 0 aromatic heterocycles. The minimum absolute atomic E-state index is 0.123. The second-order valence-electron chi connectivity index (χ2n) is 8.74. The first-order valence-corrected chi connectivity index (χ1v) is 12.3. The van der Waals surface area contributed by atoms with E-state index in [-0.39, 0.29) is 37.5 Å². The van der Waals surface area contributed by atoms with Gasteiger partial charge in [-0.05, 0) is 30.5 Å². The van der Waals surface area contributed by atoms with Crippen molar-refractivity contribution in [2.75, 3.05) is 19.7 Å². The van der Waals surface area contributed by atoms with E-state index in [1.165, 1.54) is 0 Å². The summed E-state index contributed by atoms with van der Waals surface area (Å²) in [6.07, 6.45) is 1.69. The first-order chi connectivity index (χ1) is 17.4. The van der Waals surface area contributed by atoms with E-state index in [2.05, 4.69) is 10.6 Å². The van der Waals surface area contributed by atoms with E-state index in [1.807, 2.05) is 37.3 Å². The Morgan fingerprint density at radius 2 is 1.78 bits per heavy atom. The van der Waals surface area contributed by atoms with Gasteiger partial charge in [-0.25, -0.2) is 4.79 Å². The van der Waals surface area contributed by atoms with Gasteiger partial charge in [-0.2, -0.15) is 0 Å². The number of ether oxygens (including phenoxy) is 1. The highest BCUT2D eigenvalue weighted by atomic mass is 16.5. The minimum atomic E-state index is -1.27. The number of amides is 3. The summed E-state index contributed by atoms with van der Waals surface area (Å²) in [6, 6.07) is 13.9.